The second kappa shape index (κ2) is 2.95. The first-order valence-corrected chi connectivity index (χ1v) is 4.46. The van der Waals surface area contributed by atoms with Crippen LogP contribution in [-0.2, 0) is 4.79 Å². The molecule has 0 aromatic rings. The van der Waals surface area contributed by atoms with Gasteiger partial charge in [-0.25, -0.2) is 0 Å². The maximum absolute atomic E-state index is 11.2. The van der Waals surface area contributed by atoms with Crippen molar-refractivity contribution in [2.45, 2.75) is 31.2 Å². The highest BCUT2D eigenvalue weighted by molar-refractivity contribution is 5.80. The summed E-state index contributed by atoms with van der Waals surface area (Å²) in [5, 5.41) is 0. The topological polar surface area (TPSA) is 73.2 Å². The third-order valence-corrected chi connectivity index (χ3v) is 2.59. The number of carbonyl (C=O) groups is 1. The summed E-state index contributed by atoms with van der Waals surface area (Å²) in [5.74, 6) is 0.232. The van der Waals surface area contributed by atoms with E-state index in [4.69, 9.17) is 0 Å². The molecule has 0 bridgehead atoms. The fourth-order valence-electron chi connectivity index (χ4n) is 1.99. The molecule has 1 saturated heterocycles. The van der Waals surface area contributed by atoms with Crippen LogP contribution < -0.4 is 16.4 Å². The van der Waals surface area contributed by atoms with Gasteiger partial charge in [-0.2, -0.15) is 5.43 Å². The van der Waals surface area contributed by atoms with E-state index >= 15 is 0 Å². The monoisotopic (exact) mass is 185 g/mol. The van der Waals surface area contributed by atoms with Gasteiger partial charge in [-0.1, -0.05) is 0 Å². The minimum Gasteiger partial charge on any atom is -0.300 e. The van der Waals surface area contributed by atoms with Gasteiger partial charge in [0.1, 0.15) is 11.3 Å². The van der Waals surface area contributed by atoms with Gasteiger partial charge in [-0.05, 0) is 18.4 Å². The number of rotatable bonds is 0. The first-order chi connectivity index (χ1) is 6.20. The molecule has 1 atom stereocenters. The van der Waals surface area contributed by atoms with Crippen LogP contribution in [0.4, 0.5) is 0 Å². The fourth-order valence-corrected chi connectivity index (χ4v) is 1.99. The predicted molar refractivity (Wildman–Crippen MR) is 44.1 cm³/mol. The number of nitroso groups, excluding NO2 is 1. The SMILES string of the molecule is O=C1CCCC2(CNN[N+](=O)N2)C1. The van der Waals surface area contributed by atoms with Crippen LogP contribution in [0.3, 0.4) is 0 Å². The number of ketones is 1. The zero-order chi connectivity index (χ0) is 9.31. The molecule has 2 fully saturated rings. The van der Waals surface area contributed by atoms with E-state index in [2.05, 4.69) is 16.4 Å². The number of hydrogen-bond acceptors (Lipinski definition) is 3. The maximum Gasteiger partial charge on any atom is 0.262 e. The van der Waals surface area contributed by atoms with Crippen LogP contribution in [0.25, 0.3) is 0 Å². The molecule has 2 aliphatic rings. The van der Waals surface area contributed by atoms with Crippen LogP contribution in [-0.4, -0.2) is 22.8 Å². The molecule has 0 aromatic carbocycles. The molecule has 1 heterocycles. The predicted octanol–water partition coefficient (Wildman–Crippen LogP) is -0.825. The van der Waals surface area contributed by atoms with Crippen LogP contribution in [0.1, 0.15) is 25.7 Å². The third kappa shape index (κ3) is 1.62. The summed E-state index contributed by atoms with van der Waals surface area (Å²) in [6.07, 6.45) is 2.82. The van der Waals surface area contributed by atoms with Gasteiger partial charge < -0.3 is 0 Å². The van der Waals surface area contributed by atoms with Crippen molar-refractivity contribution in [3.63, 3.8) is 0 Å². The van der Waals surface area contributed by atoms with Crippen molar-refractivity contribution in [2.24, 2.45) is 0 Å². The Morgan fingerprint density at radius 1 is 1.46 bits per heavy atom. The second-order valence-electron chi connectivity index (χ2n) is 3.72. The molecule has 1 aliphatic heterocycles. The quantitative estimate of drug-likeness (QED) is 0.430. The molecule has 3 N–H and O–H groups in total. The average molecular weight is 185 g/mol. The summed E-state index contributed by atoms with van der Waals surface area (Å²) in [6.45, 7) is 0.609. The van der Waals surface area contributed by atoms with Crippen molar-refractivity contribution in [1.82, 2.24) is 16.4 Å². The van der Waals surface area contributed by atoms with Crippen molar-refractivity contribution in [3.8, 4) is 0 Å². The minimum absolute atomic E-state index is 0.232. The van der Waals surface area contributed by atoms with Crippen LogP contribution in [0.15, 0.2) is 0 Å². The van der Waals surface area contributed by atoms with E-state index in [1.165, 1.54) is 0 Å². The summed E-state index contributed by atoms with van der Waals surface area (Å²) in [4.78, 5) is 22.7. The third-order valence-electron chi connectivity index (χ3n) is 2.59. The highest BCUT2D eigenvalue weighted by Crippen LogP contribution is 2.25. The van der Waals surface area contributed by atoms with E-state index in [1.807, 2.05) is 0 Å². The van der Waals surface area contributed by atoms with Crippen LogP contribution >= 0.6 is 0 Å². The van der Waals surface area contributed by atoms with E-state index in [9.17, 15) is 9.70 Å². The van der Waals surface area contributed by atoms with E-state index in [0.29, 0.717) is 24.4 Å². The molecular weight excluding hydrogens is 172 g/mol. The molecule has 6 heteroatoms. The normalized spacial score (nSPS) is 34.2. The molecule has 1 aliphatic carbocycles. The van der Waals surface area contributed by atoms with Gasteiger partial charge in [0.15, 0.2) is 0 Å². The van der Waals surface area contributed by atoms with Gasteiger partial charge in [0.05, 0.1) is 4.91 Å². The van der Waals surface area contributed by atoms with Gasteiger partial charge in [0.25, 0.3) is 4.98 Å². The van der Waals surface area contributed by atoms with Gasteiger partial charge in [0.2, 0.25) is 0 Å². The van der Waals surface area contributed by atoms with Crippen molar-refractivity contribution in [3.05, 3.63) is 4.91 Å². The van der Waals surface area contributed by atoms with E-state index in [-0.39, 0.29) is 11.3 Å². The van der Waals surface area contributed by atoms with E-state index in [1.54, 1.807) is 0 Å². The lowest BCUT2D eigenvalue weighted by molar-refractivity contribution is -0.691. The lowest BCUT2D eigenvalue weighted by Gasteiger charge is -2.34. The maximum atomic E-state index is 11.2. The Hall–Kier alpha value is -1.17. The van der Waals surface area contributed by atoms with Crippen LogP contribution in [0, 0.1) is 4.91 Å². The fraction of sp³-hybridized carbons (Fsp3) is 0.857. The molecule has 1 saturated carbocycles. The highest BCUT2D eigenvalue weighted by Gasteiger charge is 2.43. The van der Waals surface area contributed by atoms with Crippen molar-refractivity contribution in [2.75, 3.05) is 6.54 Å². The summed E-state index contributed by atoms with van der Waals surface area (Å²) >= 11 is 0. The van der Waals surface area contributed by atoms with Gasteiger partial charge in [0, 0.05) is 19.4 Å². The van der Waals surface area contributed by atoms with Crippen molar-refractivity contribution < 1.29 is 9.77 Å². The standard InChI is InChI=1S/C7H13N4O2/c12-6-2-1-3-7(4-6)5-8-10-11(13)9-7/h8H,1-5H2,(H2,9,10,13)/q+1. The summed E-state index contributed by atoms with van der Waals surface area (Å²) in [7, 11) is 0. The Morgan fingerprint density at radius 2 is 2.31 bits per heavy atom. The molecular formula is C7H13N4O2+. The molecule has 1 unspecified atom stereocenters. The minimum atomic E-state index is -0.359. The molecule has 72 valence electrons. The van der Waals surface area contributed by atoms with Crippen LogP contribution in [0.5, 0.6) is 0 Å². The second-order valence-corrected chi connectivity index (χ2v) is 3.72. The zero-order valence-electron chi connectivity index (χ0n) is 7.30. The Kier molecular flexibility index (Phi) is 1.91. The zero-order valence-corrected chi connectivity index (χ0v) is 7.30. The van der Waals surface area contributed by atoms with Gasteiger partial charge in [-0.3, -0.25) is 4.79 Å². The van der Waals surface area contributed by atoms with E-state index in [0.717, 1.165) is 12.8 Å². The number of Topliss-reactive ketones (excluding diaryl/α,β-unsaturated/α-hetero) is 1. The van der Waals surface area contributed by atoms with Crippen molar-refractivity contribution >= 4 is 5.78 Å². The molecule has 1 spiro atoms. The van der Waals surface area contributed by atoms with Crippen LogP contribution in [0.2, 0.25) is 0 Å². The summed E-state index contributed by atoms with van der Waals surface area (Å²) < 4.78 is 0. The number of hydrazine groups is 3. The Bertz CT molecular complexity index is 227. The lowest BCUT2D eigenvalue weighted by Crippen LogP contribution is -2.68. The molecule has 6 nitrogen and oxygen atoms in total. The first-order valence-electron chi connectivity index (χ1n) is 4.46. The van der Waals surface area contributed by atoms with Crippen molar-refractivity contribution in [1.29, 1.82) is 0 Å². The number of nitrogens with zero attached hydrogens (tertiary/aromatic N) is 1. The number of hydrogen-bond donors (Lipinski definition) is 3. The summed E-state index contributed by atoms with van der Waals surface area (Å²) in [5.41, 5.74) is 7.52. The number of carbonyl (C=O) groups excluding carboxylic acids is 1. The van der Waals surface area contributed by atoms with Gasteiger partial charge >= 0.3 is 0 Å². The van der Waals surface area contributed by atoms with Gasteiger partial charge in [-0.15, -0.1) is 5.43 Å². The number of nitrogens with one attached hydrogen (secondary N) is 3. The molecule has 0 aromatic heterocycles. The Labute approximate surface area is 75.5 Å². The largest absolute Gasteiger partial charge is 0.300 e. The average Bonchev–Trinajstić information content (AvgIpc) is 2.02. The summed E-state index contributed by atoms with van der Waals surface area (Å²) in [6, 6.07) is 0. The lowest BCUT2D eigenvalue weighted by atomic mass is 9.81. The molecule has 0 radical (unpaired) electrons. The Balaban J connectivity index is 2.09. The molecule has 0 amide bonds. The molecule has 2 rings (SSSR count). The van der Waals surface area contributed by atoms with E-state index < -0.39 is 0 Å². The highest BCUT2D eigenvalue weighted by atomic mass is 16.4. The Morgan fingerprint density at radius 3 is 3.00 bits per heavy atom. The first kappa shape index (κ1) is 8.43. The molecule has 13 heavy (non-hydrogen) atoms. The smallest absolute Gasteiger partial charge is 0.262 e.